The molecule has 216 valence electrons. The number of halogens is 1. The summed E-state index contributed by atoms with van der Waals surface area (Å²) in [6.45, 7) is 9.55. The zero-order valence-corrected chi connectivity index (χ0v) is 26.4. The van der Waals surface area contributed by atoms with Crippen LogP contribution in [-0.2, 0) is 14.3 Å². The van der Waals surface area contributed by atoms with Gasteiger partial charge in [-0.05, 0) is 70.1 Å². The zero-order valence-electron chi connectivity index (χ0n) is 23.9. The Labute approximate surface area is 251 Å². The standard InChI is InChI=1S/C31H33BrN2O6S/c1-7-9-23-26(30(37)39-8-2)27(21-12-10-20(11-13-21)17(3)4)34-29(36)25(41-31(34)33-23)16-19-14-22(32)28(40-18(5)35)24(15-19)38-6/h10-17,27H,7-9H2,1-6H3/b25-16-/t27-/m1/s1. The van der Waals surface area contributed by atoms with Crippen molar-refractivity contribution < 1.29 is 23.8 Å². The lowest BCUT2D eigenvalue weighted by Gasteiger charge is -2.26. The number of carbonyl (C=O) groups is 2. The quantitative estimate of drug-likeness (QED) is 0.230. The molecule has 0 N–H and O–H groups in total. The van der Waals surface area contributed by atoms with Gasteiger partial charge < -0.3 is 14.2 Å². The van der Waals surface area contributed by atoms with Crippen LogP contribution in [0.15, 0.2) is 61.9 Å². The summed E-state index contributed by atoms with van der Waals surface area (Å²) in [6.07, 6.45) is 3.08. The Balaban J connectivity index is 1.95. The van der Waals surface area contributed by atoms with E-state index in [-0.39, 0.29) is 17.9 Å². The van der Waals surface area contributed by atoms with Crippen LogP contribution in [0.1, 0.15) is 76.1 Å². The molecule has 41 heavy (non-hydrogen) atoms. The SMILES string of the molecule is CCCC1=C(C(=O)OCC)[C@@H](c2ccc(C(C)C)cc2)n2c(s/c(=C\c3cc(Br)c(OC(C)=O)c(OC)c3)c2=O)=N1. The summed E-state index contributed by atoms with van der Waals surface area (Å²) >= 11 is 4.70. The van der Waals surface area contributed by atoms with Gasteiger partial charge in [0, 0.05) is 6.92 Å². The second-order valence-electron chi connectivity index (χ2n) is 9.86. The number of thiazole rings is 1. The van der Waals surface area contributed by atoms with Crippen molar-refractivity contribution in [2.45, 2.75) is 59.4 Å². The highest BCUT2D eigenvalue weighted by atomic mass is 79.9. The minimum Gasteiger partial charge on any atom is -0.493 e. The molecule has 0 amide bonds. The van der Waals surface area contributed by atoms with Gasteiger partial charge in [-0.2, -0.15) is 0 Å². The first kappa shape index (κ1) is 30.5. The summed E-state index contributed by atoms with van der Waals surface area (Å²) in [5, 5.41) is 0. The summed E-state index contributed by atoms with van der Waals surface area (Å²) in [6, 6.07) is 10.8. The van der Waals surface area contributed by atoms with E-state index in [1.54, 1.807) is 29.7 Å². The minimum absolute atomic E-state index is 0.214. The van der Waals surface area contributed by atoms with Crippen molar-refractivity contribution in [3.63, 3.8) is 0 Å². The zero-order chi connectivity index (χ0) is 29.8. The number of esters is 2. The summed E-state index contributed by atoms with van der Waals surface area (Å²) in [5.74, 6) is -0.0167. The molecule has 1 aromatic heterocycles. The van der Waals surface area contributed by atoms with Gasteiger partial charge in [-0.25, -0.2) is 9.79 Å². The smallest absolute Gasteiger partial charge is 0.338 e. The number of benzene rings is 2. The predicted octanol–water partition coefficient (Wildman–Crippen LogP) is 5.40. The lowest BCUT2D eigenvalue weighted by Crippen LogP contribution is -2.40. The van der Waals surface area contributed by atoms with Gasteiger partial charge in [-0.15, -0.1) is 0 Å². The number of hydrogen-bond acceptors (Lipinski definition) is 8. The molecule has 8 nitrogen and oxygen atoms in total. The van der Waals surface area contributed by atoms with E-state index in [2.05, 4.69) is 29.8 Å². The Morgan fingerprint density at radius 3 is 2.46 bits per heavy atom. The molecule has 3 aromatic rings. The van der Waals surface area contributed by atoms with Gasteiger partial charge in [-0.1, -0.05) is 62.8 Å². The lowest BCUT2D eigenvalue weighted by molar-refractivity contribution is -0.139. The van der Waals surface area contributed by atoms with Crippen LogP contribution in [0.5, 0.6) is 11.5 Å². The Morgan fingerprint density at radius 1 is 1.17 bits per heavy atom. The van der Waals surface area contributed by atoms with Gasteiger partial charge in [0.25, 0.3) is 5.56 Å². The highest BCUT2D eigenvalue weighted by molar-refractivity contribution is 9.10. The van der Waals surface area contributed by atoms with Gasteiger partial charge in [0.05, 0.1) is 40.0 Å². The van der Waals surface area contributed by atoms with Crippen LogP contribution in [-0.4, -0.2) is 30.2 Å². The number of ether oxygens (including phenoxy) is 3. The van der Waals surface area contributed by atoms with Crippen LogP contribution in [0.25, 0.3) is 6.08 Å². The highest BCUT2D eigenvalue weighted by Gasteiger charge is 2.34. The maximum atomic E-state index is 14.0. The Morgan fingerprint density at radius 2 is 1.88 bits per heavy atom. The third kappa shape index (κ3) is 6.38. The predicted molar refractivity (Wildman–Crippen MR) is 162 cm³/mol. The summed E-state index contributed by atoms with van der Waals surface area (Å²) in [4.78, 5) is 44.3. The van der Waals surface area contributed by atoms with Crippen LogP contribution in [0.2, 0.25) is 0 Å². The number of carbonyl (C=O) groups excluding carboxylic acids is 2. The number of rotatable bonds is 9. The molecule has 2 heterocycles. The molecule has 10 heteroatoms. The van der Waals surface area contributed by atoms with Crippen LogP contribution < -0.4 is 24.4 Å². The normalized spacial score (nSPS) is 15.0. The number of nitrogens with zero attached hydrogens (tertiary/aromatic N) is 2. The summed E-state index contributed by atoms with van der Waals surface area (Å²) < 4.78 is 18.7. The van der Waals surface area contributed by atoms with Crippen molar-refractivity contribution >= 4 is 45.3 Å². The van der Waals surface area contributed by atoms with Gasteiger partial charge in [0.15, 0.2) is 16.3 Å². The molecule has 0 aliphatic carbocycles. The van der Waals surface area contributed by atoms with Crippen molar-refractivity contribution in [2.24, 2.45) is 4.99 Å². The Kier molecular flexibility index (Phi) is 9.65. The molecule has 0 saturated heterocycles. The van der Waals surface area contributed by atoms with E-state index in [0.29, 0.717) is 48.7 Å². The molecule has 1 aliphatic rings. The van der Waals surface area contributed by atoms with Crippen LogP contribution >= 0.6 is 27.3 Å². The molecular weight excluding hydrogens is 608 g/mol. The number of methoxy groups -OCH3 is 1. The molecule has 0 radical (unpaired) electrons. The molecule has 2 aromatic carbocycles. The van der Waals surface area contributed by atoms with Crippen LogP contribution in [0, 0.1) is 0 Å². The van der Waals surface area contributed by atoms with E-state index in [9.17, 15) is 14.4 Å². The van der Waals surface area contributed by atoms with Crippen molar-refractivity contribution in [1.29, 1.82) is 0 Å². The van der Waals surface area contributed by atoms with E-state index >= 15 is 0 Å². The van der Waals surface area contributed by atoms with Gasteiger partial charge in [0.2, 0.25) is 0 Å². The fourth-order valence-corrected chi connectivity index (χ4v) is 6.28. The third-order valence-corrected chi connectivity index (χ3v) is 8.18. The molecule has 1 aliphatic heterocycles. The molecule has 0 unspecified atom stereocenters. The van der Waals surface area contributed by atoms with Crippen molar-refractivity contribution in [3.8, 4) is 11.5 Å². The number of hydrogen-bond donors (Lipinski definition) is 0. The summed E-state index contributed by atoms with van der Waals surface area (Å²) in [5.41, 5.74) is 3.37. The first-order valence-electron chi connectivity index (χ1n) is 13.5. The molecule has 0 spiro atoms. The van der Waals surface area contributed by atoms with Crippen LogP contribution in [0.4, 0.5) is 0 Å². The van der Waals surface area contributed by atoms with Crippen molar-refractivity contribution in [1.82, 2.24) is 4.57 Å². The first-order chi connectivity index (χ1) is 19.6. The number of fused-ring (bicyclic) bond motifs is 1. The molecule has 0 fully saturated rings. The second kappa shape index (κ2) is 13.0. The maximum absolute atomic E-state index is 14.0. The minimum atomic E-state index is -0.678. The van der Waals surface area contributed by atoms with E-state index in [4.69, 9.17) is 19.2 Å². The summed E-state index contributed by atoms with van der Waals surface area (Å²) in [7, 11) is 1.48. The highest BCUT2D eigenvalue weighted by Crippen LogP contribution is 2.37. The second-order valence-corrected chi connectivity index (χ2v) is 11.7. The fraction of sp³-hybridized carbons (Fsp3) is 0.355. The molecule has 1 atom stereocenters. The molecular formula is C31H33BrN2O6S. The van der Waals surface area contributed by atoms with Gasteiger partial charge in [0.1, 0.15) is 0 Å². The molecule has 0 saturated carbocycles. The van der Waals surface area contributed by atoms with Crippen molar-refractivity contribution in [3.05, 3.63) is 88.5 Å². The molecule has 4 rings (SSSR count). The first-order valence-corrected chi connectivity index (χ1v) is 15.1. The average molecular weight is 642 g/mol. The van der Waals surface area contributed by atoms with Gasteiger partial charge >= 0.3 is 11.9 Å². The average Bonchev–Trinajstić information content (AvgIpc) is 3.23. The van der Waals surface area contributed by atoms with E-state index in [1.807, 2.05) is 31.2 Å². The maximum Gasteiger partial charge on any atom is 0.338 e. The van der Waals surface area contributed by atoms with E-state index in [0.717, 1.165) is 17.5 Å². The Bertz CT molecular complexity index is 1680. The van der Waals surface area contributed by atoms with Crippen LogP contribution in [0.3, 0.4) is 0 Å². The molecule has 0 bridgehead atoms. The van der Waals surface area contributed by atoms with Gasteiger partial charge in [-0.3, -0.25) is 14.2 Å². The topological polar surface area (TPSA) is 96.2 Å². The lowest BCUT2D eigenvalue weighted by atomic mass is 9.92. The number of allylic oxidation sites excluding steroid dienone is 1. The van der Waals surface area contributed by atoms with Crippen molar-refractivity contribution in [2.75, 3.05) is 13.7 Å². The Hall–Kier alpha value is -3.50. The van der Waals surface area contributed by atoms with E-state index in [1.165, 1.54) is 25.4 Å². The third-order valence-electron chi connectivity index (χ3n) is 6.61. The fourth-order valence-electron chi connectivity index (χ4n) is 4.72. The monoisotopic (exact) mass is 640 g/mol. The number of aromatic nitrogens is 1. The largest absolute Gasteiger partial charge is 0.493 e. The van der Waals surface area contributed by atoms with E-state index < -0.39 is 18.0 Å².